The molecule has 1 aliphatic carbocycles. The van der Waals surface area contributed by atoms with Crippen LogP contribution in [0.5, 0.6) is 5.75 Å². The van der Waals surface area contributed by atoms with Crippen LogP contribution in [0.4, 0.5) is 15.9 Å². The SMILES string of the molecule is CNC1CCC(Cc2cc3c(Nc4ccc(F)c(Cl)c4)ncnc3cc2OC)CC1. The summed E-state index contributed by atoms with van der Waals surface area (Å²) in [5.41, 5.74) is 2.62. The Bertz CT molecular complexity index is 1040. The van der Waals surface area contributed by atoms with E-state index in [9.17, 15) is 4.39 Å². The average molecular weight is 429 g/mol. The molecule has 158 valence electrons. The summed E-state index contributed by atoms with van der Waals surface area (Å²) in [7, 11) is 3.74. The zero-order chi connectivity index (χ0) is 21.1. The lowest BCUT2D eigenvalue weighted by Crippen LogP contribution is -2.30. The molecule has 0 spiro atoms. The molecule has 1 aliphatic rings. The number of fused-ring (bicyclic) bond motifs is 1. The number of hydrogen-bond acceptors (Lipinski definition) is 5. The number of halogens is 2. The molecule has 1 heterocycles. The highest BCUT2D eigenvalue weighted by Crippen LogP contribution is 2.34. The predicted molar refractivity (Wildman–Crippen MR) is 119 cm³/mol. The van der Waals surface area contributed by atoms with Gasteiger partial charge in [0.1, 0.15) is 23.7 Å². The first-order valence-corrected chi connectivity index (χ1v) is 10.7. The fourth-order valence-corrected chi connectivity index (χ4v) is 4.44. The van der Waals surface area contributed by atoms with E-state index >= 15 is 0 Å². The van der Waals surface area contributed by atoms with Gasteiger partial charge in [-0.15, -0.1) is 0 Å². The van der Waals surface area contributed by atoms with Gasteiger partial charge in [0.2, 0.25) is 0 Å². The van der Waals surface area contributed by atoms with Crippen LogP contribution in [0.15, 0.2) is 36.7 Å². The number of nitrogens with one attached hydrogen (secondary N) is 2. The Balaban J connectivity index is 1.64. The largest absolute Gasteiger partial charge is 0.496 e. The van der Waals surface area contributed by atoms with Crippen molar-refractivity contribution >= 4 is 34.0 Å². The van der Waals surface area contributed by atoms with Gasteiger partial charge < -0.3 is 15.4 Å². The van der Waals surface area contributed by atoms with Gasteiger partial charge in [0, 0.05) is 23.2 Å². The van der Waals surface area contributed by atoms with Gasteiger partial charge in [-0.3, -0.25) is 0 Å². The van der Waals surface area contributed by atoms with Crippen LogP contribution >= 0.6 is 11.6 Å². The molecule has 0 atom stereocenters. The molecule has 0 saturated heterocycles. The monoisotopic (exact) mass is 428 g/mol. The molecule has 0 amide bonds. The Hall–Kier alpha value is -2.44. The van der Waals surface area contributed by atoms with Crippen LogP contribution in [0.2, 0.25) is 5.02 Å². The number of hydrogen-bond donors (Lipinski definition) is 2. The number of nitrogens with zero attached hydrogens (tertiary/aromatic N) is 2. The predicted octanol–water partition coefficient (Wildman–Crippen LogP) is 5.50. The number of rotatable bonds is 6. The first-order valence-electron chi connectivity index (χ1n) is 10.3. The van der Waals surface area contributed by atoms with Gasteiger partial charge >= 0.3 is 0 Å². The molecular weight excluding hydrogens is 403 g/mol. The molecule has 0 bridgehead atoms. The Morgan fingerprint density at radius 1 is 1.13 bits per heavy atom. The van der Waals surface area contributed by atoms with E-state index in [4.69, 9.17) is 16.3 Å². The van der Waals surface area contributed by atoms with Gasteiger partial charge in [-0.2, -0.15) is 0 Å². The second kappa shape index (κ2) is 9.14. The molecule has 0 aliphatic heterocycles. The van der Waals surface area contributed by atoms with Gasteiger partial charge in [-0.25, -0.2) is 14.4 Å². The van der Waals surface area contributed by atoms with Gasteiger partial charge in [-0.05, 0) is 74.9 Å². The standard InChI is InChI=1S/C23H26ClFN4O/c1-26-16-5-3-14(4-6-16)9-15-10-18-21(12-22(15)30-2)27-13-28-23(18)29-17-7-8-20(25)19(24)11-17/h7-8,10-14,16,26H,3-6,9H2,1-2H3,(H,27,28,29). The Kier molecular flexibility index (Phi) is 6.35. The zero-order valence-electron chi connectivity index (χ0n) is 17.2. The first-order chi connectivity index (χ1) is 14.6. The van der Waals surface area contributed by atoms with E-state index in [1.54, 1.807) is 19.2 Å². The zero-order valence-corrected chi connectivity index (χ0v) is 18.0. The van der Waals surface area contributed by atoms with Crippen LogP contribution in [-0.2, 0) is 6.42 Å². The van der Waals surface area contributed by atoms with Crippen molar-refractivity contribution in [3.63, 3.8) is 0 Å². The molecule has 1 fully saturated rings. The molecule has 30 heavy (non-hydrogen) atoms. The van der Waals surface area contributed by atoms with E-state index in [2.05, 4.69) is 26.7 Å². The van der Waals surface area contributed by atoms with E-state index in [1.165, 1.54) is 38.1 Å². The Labute approximate surface area is 181 Å². The Morgan fingerprint density at radius 3 is 2.63 bits per heavy atom. The second-order valence-electron chi connectivity index (χ2n) is 7.87. The normalized spacial score (nSPS) is 19.1. The van der Waals surface area contributed by atoms with E-state index in [0.29, 0.717) is 23.5 Å². The van der Waals surface area contributed by atoms with Crippen molar-refractivity contribution in [2.75, 3.05) is 19.5 Å². The summed E-state index contributed by atoms with van der Waals surface area (Å²) < 4.78 is 19.2. The number of methoxy groups -OCH3 is 1. The third-order valence-corrected chi connectivity index (χ3v) is 6.27. The minimum Gasteiger partial charge on any atom is -0.496 e. The molecule has 1 aromatic heterocycles. The van der Waals surface area contributed by atoms with Crippen molar-refractivity contribution in [3.8, 4) is 5.75 Å². The van der Waals surface area contributed by atoms with Crippen LogP contribution in [-0.4, -0.2) is 30.2 Å². The van der Waals surface area contributed by atoms with Gasteiger partial charge in [0.15, 0.2) is 0 Å². The van der Waals surface area contributed by atoms with Crippen molar-refractivity contribution in [1.82, 2.24) is 15.3 Å². The van der Waals surface area contributed by atoms with Crippen LogP contribution in [0, 0.1) is 11.7 Å². The highest BCUT2D eigenvalue weighted by atomic mass is 35.5. The third-order valence-electron chi connectivity index (χ3n) is 5.98. The summed E-state index contributed by atoms with van der Waals surface area (Å²) in [6.45, 7) is 0. The topological polar surface area (TPSA) is 59.1 Å². The molecule has 0 radical (unpaired) electrons. The molecule has 5 nitrogen and oxygen atoms in total. The number of aromatic nitrogens is 2. The summed E-state index contributed by atoms with van der Waals surface area (Å²) in [5, 5.41) is 7.60. The lowest BCUT2D eigenvalue weighted by Gasteiger charge is -2.28. The summed E-state index contributed by atoms with van der Waals surface area (Å²) in [6, 6.07) is 9.24. The fraction of sp³-hybridized carbons (Fsp3) is 0.391. The van der Waals surface area contributed by atoms with Gasteiger partial charge in [0.25, 0.3) is 0 Å². The number of anilines is 2. The van der Waals surface area contributed by atoms with Gasteiger partial charge in [0.05, 0.1) is 17.6 Å². The van der Waals surface area contributed by atoms with Crippen molar-refractivity contribution in [1.29, 1.82) is 0 Å². The molecule has 2 N–H and O–H groups in total. The summed E-state index contributed by atoms with van der Waals surface area (Å²) in [4.78, 5) is 8.82. The molecule has 3 aromatic rings. The summed E-state index contributed by atoms with van der Waals surface area (Å²) in [6.07, 6.45) is 7.30. The van der Waals surface area contributed by atoms with Crippen LogP contribution in [0.3, 0.4) is 0 Å². The van der Waals surface area contributed by atoms with Crippen LogP contribution in [0.1, 0.15) is 31.2 Å². The fourth-order valence-electron chi connectivity index (χ4n) is 4.25. The van der Waals surface area contributed by atoms with Crippen molar-refractivity contribution in [3.05, 3.63) is 53.1 Å². The van der Waals surface area contributed by atoms with E-state index in [-0.39, 0.29) is 5.02 Å². The molecule has 7 heteroatoms. The van der Waals surface area contributed by atoms with Crippen molar-refractivity contribution in [2.45, 2.75) is 38.1 Å². The number of benzene rings is 2. The van der Waals surface area contributed by atoms with Crippen molar-refractivity contribution < 1.29 is 9.13 Å². The minimum absolute atomic E-state index is 0.0675. The maximum atomic E-state index is 13.5. The third kappa shape index (κ3) is 4.50. The summed E-state index contributed by atoms with van der Waals surface area (Å²) in [5.74, 6) is 1.70. The van der Waals surface area contributed by atoms with Crippen LogP contribution < -0.4 is 15.4 Å². The smallest absolute Gasteiger partial charge is 0.141 e. The number of ether oxygens (including phenoxy) is 1. The Morgan fingerprint density at radius 2 is 1.93 bits per heavy atom. The maximum Gasteiger partial charge on any atom is 0.141 e. The van der Waals surface area contributed by atoms with E-state index in [1.807, 2.05) is 13.1 Å². The molecule has 2 aromatic carbocycles. The average Bonchev–Trinajstić information content (AvgIpc) is 2.77. The minimum atomic E-state index is -0.449. The maximum absolute atomic E-state index is 13.5. The van der Waals surface area contributed by atoms with Crippen LogP contribution in [0.25, 0.3) is 10.9 Å². The van der Waals surface area contributed by atoms with Crippen molar-refractivity contribution in [2.24, 2.45) is 5.92 Å². The van der Waals surface area contributed by atoms with E-state index < -0.39 is 5.82 Å². The lowest BCUT2D eigenvalue weighted by molar-refractivity contribution is 0.297. The quantitative estimate of drug-likeness (QED) is 0.543. The molecule has 1 saturated carbocycles. The summed E-state index contributed by atoms with van der Waals surface area (Å²) >= 11 is 5.92. The van der Waals surface area contributed by atoms with E-state index in [0.717, 1.165) is 28.6 Å². The second-order valence-corrected chi connectivity index (χ2v) is 8.28. The van der Waals surface area contributed by atoms with Gasteiger partial charge in [-0.1, -0.05) is 11.6 Å². The molecule has 0 unspecified atom stereocenters. The molecular formula is C23H26ClFN4O. The highest BCUT2D eigenvalue weighted by Gasteiger charge is 2.22. The first kappa shape index (κ1) is 20.8. The molecule has 4 rings (SSSR count). The lowest BCUT2D eigenvalue weighted by atomic mass is 9.82. The highest BCUT2D eigenvalue weighted by molar-refractivity contribution is 6.31.